The van der Waals surface area contributed by atoms with Crippen molar-refractivity contribution in [2.75, 3.05) is 25.1 Å². The van der Waals surface area contributed by atoms with Gasteiger partial charge in [-0.15, -0.1) is 0 Å². The van der Waals surface area contributed by atoms with Crippen LogP contribution in [0.2, 0.25) is 5.02 Å². The fourth-order valence-electron chi connectivity index (χ4n) is 4.40. The molecule has 2 aromatic carbocycles. The van der Waals surface area contributed by atoms with Crippen molar-refractivity contribution in [3.63, 3.8) is 0 Å². The quantitative estimate of drug-likeness (QED) is 0.441. The molecule has 34 heavy (non-hydrogen) atoms. The van der Waals surface area contributed by atoms with Gasteiger partial charge in [0.1, 0.15) is 11.3 Å². The summed E-state index contributed by atoms with van der Waals surface area (Å²) in [6.45, 7) is 1.98. The minimum absolute atomic E-state index is 0.0700. The monoisotopic (exact) mass is 475 g/mol. The predicted octanol–water partition coefficient (Wildman–Crippen LogP) is 4.59. The number of methoxy groups -OCH3 is 1. The van der Waals surface area contributed by atoms with Crippen LogP contribution in [0.25, 0.3) is 16.8 Å². The molecule has 174 valence electrons. The highest BCUT2D eigenvalue weighted by Crippen LogP contribution is 2.29. The number of carbonyl (C=O) groups is 1. The predicted molar refractivity (Wildman–Crippen MR) is 133 cm³/mol. The summed E-state index contributed by atoms with van der Waals surface area (Å²) in [5.74, 6) is 1.62. The Kier molecular flexibility index (Phi) is 6.36. The van der Waals surface area contributed by atoms with Crippen LogP contribution in [-0.2, 0) is 11.3 Å². The number of benzene rings is 2. The molecule has 7 nitrogen and oxygen atoms in total. The van der Waals surface area contributed by atoms with Gasteiger partial charge in [0.15, 0.2) is 5.82 Å². The number of hydrogen-bond acceptors (Lipinski definition) is 5. The van der Waals surface area contributed by atoms with Crippen molar-refractivity contribution in [1.82, 2.24) is 19.9 Å². The third-order valence-electron chi connectivity index (χ3n) is 6.21. The molecular weight excluding hydrogens is 450 g/mol. The summed E-state index contributed by atoms with van der Waals surface area (Å²) in [6, 6.07) is 17.4. The molecule has 2 aromatic heterocycles. The van der Waals surface area contributed by atoms with Crippen molar-refractivity contribution < 1.29 is 9.53 Å². The van der Waals surface area contributed by atoms with Crippen LogP contribution in [0.1, 0.15) is 18.4 Å². The molecule has 5 rings (SSSR count). The van der Waals surface area contributed by atoms with Gasteiger partial charge in [0, 0.05) is 42.6 Å². The van der Waals surface area contributed by atoms with Crippen molar-refractivity contribution >= 4 is 28.8 Å². The number of nitrogens with zero attached hydrogens (tertiary/aromatic N) is 4. The number of carbonyl (C=O) groups excluding carboxylic acids is 1. The summed E-state index contributed by atoms with van der Waals surface area (Å²) in [7, 11) is 1.64. The Hall–Kier alpha value is -3.58. The molecule has 3 heterocycles. The summed E-state index contributed by atoms with van der Waals surface area (Å²) in [5.41, 5.74) is 3.75. The maximum atomic E-state index is 12.9. The SMILES string of the molecule is COc1ccc(CNC(=O)C2CCCN(c3nccn4nc(-c5cccc(Cl)c5)cc34)C2)cc1. The molecule has 0 radical (unpaired) electrons. The average Bonchev–Trinajstić information content (AvgIpc) is 3.32. The van der Waals surface area contributed by atoms with Crippen LogP contribution in [0.5, 0.6) is 5.75 Å². The molecular formula is C26H26ClN5O2. The lowest BCUT2D eigenvalue weighted by Crippen LogP contribution is -2.43. The number of anilines is 1. The highest BCUT2D eigenvalue weighted by molar-refractivity contribution is 6.30. The molecule has 0 aliphatic carbocycles. The summed E-state index contributed by atoms with van der Waals surface area (Å²) < 4.78 is 7.03. The van der Waals surface area contributed by atoms with E-state index in [1.165, 1.54) is 0 Å². The van der Waals surface area contributed by atoms with E-state index in [-0.39, 0.29) is 11.8 Å². The molecule has 0 bridgehead atoms. The van der Waals surface area contributed by atoms with Crippen molar-refractivity contribution in [2.45, 2.75) is 19.4 Å². The van der Waals surface area contributed by atoms with Crippen LogP contribution in [0.3, 0.4) is 0 Å². The van der Waals surface area contributed by atoms with Crippen molar-refractivity contribution in [3.8, 4) is 17.0 Å². The maximum absolute atomic E-state index is 12.9. The van der Waals surface area contributed by atoms with Crippen molar-refractivity contribution in [2.24, 2.45) is 5.92 Å². The van der Waals surface area contributed by atoms with Crippen LogP contribution < -0.4 is 15.0 Å². The van der Waals surface area contributed by atoms with Gasteiger partial charge in [-0.3, -0.25) is 4.79 Å². The Labute approximate surface area is 203 Å². The second-order valence-corrected chi connectivity index (χ2v) is 8.91. The van der Waals surface area contributed by atoms with Crippen molar-refractivity contribution in [3.05, 3.63) is 77.6 Å². The molecule has 1 saturated heterocycles. The zero-order chi connectivity index (χ0) is 23.5. The third kappa shape index (κ3) is 4.70. The highest BCUT2D eigenvalue weighted by Gasteiger charge is 2.27. The van der Waals surface area contributed by atoms with Gasteiger partial charge in [0.2, 0.25) is 5.91 Å². The summed E-state index contributed by atoms with van der Waals surface area (Å²) >= 11 is 6.17. The number of hydrogen-bond donors (Lipinski definition) is 1. The minimum Gasteiger partial charge on any atom is -0.497 e. The van der Waals surface area contributed by atoms with Gasteiger partial charge in [-0.25, -0.2) is 9.50 Å². The van der Waals surface area contributed by atoms with Crippen LogP contribution in [0.4, 0.5) is 5.82 Å². The molecule has 0 saturated carbocycles. The molecule has 1 aliphatic rings. The lowest BCUT2D eigenvalue weighted by atomic mass is 9.97. The van der Waals surface area contributed by atoms with Gasteiger partial charge in [0.05, 0.1) is 18.7 Å². The fourth-order valence-corrected chi connectivity index (χ4v) is 4.59. The number of amides is 1. The fraction of sp³-hybridized carbons (Fsp3) is 0.269. The zero-order valence-electron chi connectivity index (χ0n) is 18.9. The first-order chi connectivity index (χ1) is 16.6. The lowest BCUT2D eigenvalue weighted by molar-refractivity contribution is -0.125. The lowest BCUT2D eigenvalue weighted by Gasteiger charge is -2.33. The normalized spacial score (nSPS) is 15.9. The van der Waals surface area contributed by atoms with Gasteiger partial charge in [-0.05, 0) is 48.7 Å². The first-order valence-electron chi connectivity index (χ1n) is 11.4. The minimum atomic E-state index is -0.0932. The van der Waals surface area contributed by atoms with E-state index in [0.29, 0.717) is 18.1 Å². The number of piperidine rings is 1. The van der Waals surface area contributed by atoms with Crippen molar-refractivity contribution in [1.29, 1.82) is 0 Å². The molecule has 1 fully saturated rings. The molecule has 8 heteroatoms. The molecule has 1 N–H and O–H groups in total. The second kappa shape index (κ2) is 9.73. The Balaban J connectivity index is 1.31. The molecule has 1 unspecified atom stereocenters. The number of aromatic nitrogens is 3. The van der Waals surface area contributed by atoms with Gasteiger partial charge in [-0.1, -0.05) is 35.9 Å². The first-order valence-corrected chi connectivity index (χ1v) is 11.7. The zero-order valence-corrected chi connectivity index (χ0v) is 19.7. The number of rotatable bonds is 6. The molecule has 4 aromatic rings. The largest absolute Gasteiger partial charge is 0.497 e. The summed E-state index contributed by atoms with van der Waals surface area (Å²) in [5, 5.41) is 8.48. The number of ether oxygens (including phenoxy) is 1. The Morgan fingerprint density at radius 3 is 2.85 bits per heavy atom. The van der Waals surface area contributed by atoms with Gasteiger partial charge in [-0.2, -0.15) is 5.10 Å². The Morgan fingerprint density at radius 1 is 1.21 bits per heavy atom. The molecule has 1 amide bonds. The first kappa shape index (κ1) is 22.2. The Bertz CT molecular complexity index is 1300. The van der Waals surface area contributed by atoms with E-state index in [1.54, 1.807) is 13.3 Å². The van der Waals surface area contributed by atoms with E-state index in [9.17, 15) is 4.79 Å². The van der Waals surface area contributed by atoms with Crippen LogP contribution in [0.15, 0.2) is 67.0 Å². The van der Waals surface area contributed by atoms with E-state index in [0.717, 1.165) is 53.3 Å². The van der Waals surface area contributed by atoms with E-state index in [1.807, 2.05) is 65.3 Å². The summed E-state index contributed by atoms with van der Waals surface area (Å²) in [4.78, 5) is 19.8. The second-order valence-electron chi connectivity index (χ2n) is 8.47. The number of halogens is 1. The number of fused-ring (bicyclic) bond motifs is 1. The van der Waals surface area contributed by atoms with E-state index >= 15 is 0 Å². The van der Waals surface area contributed by atoms with E-state index in [4.69, 9.17) is 21.4 Å². The highest BCUT2D eigenvalue weighted by atomic mass is 35.5. The maximum Gasteiger partial charge on any atom is 0.225 e. The van der Waals surface area contributed by atoms with Gasteiger partial charge >= 0.3 is 0 Å². The van der Waals surface area contributed by atoms with Crippen LogP contribution in [0, 0.1) is 5.92 Å². The average molecular weight is 476 g/mol. The third-order valence-corrected chi connectivity index (χ3v) is 6.44. The molecule has 0 spiro atoms. The Morgan fingerprint density at radius 2 is 2.06 bits per heavy atom. The van der Waals surface area contributed by atoms with Gasteiger partial charge in [0.25, 0.3) is 0 Å². The number of nitrogens with one attached hydrogen (secondary N) is 1. The summed E-state index contributed by atoms with van der Waals surface area (Å²) in [6.07, 6.45) is 5.39. The van der Waals surface area contributed by atoms with E-state index in [2.05, 4.69) is 15.2 Å². The topological polar surface area (TPSA) is 71.8 Å². The molecule has 1 aliphatic heterocycles. The molecule has 1 atom stereocenters. The van der Waals surface area contributed by atoms with Gasteiger partial charge < -0.3 is 15.0 Å². The standard InChI is InChI=1S/C26H26ClN5O2/c1-34-22-9-7-18(8-10-22)16-29-26(33)20-5-3-12-31(17-20)25-24-15-23(30-32(24)13-11-28-25)19-4-2-6-21(27)14-19/h2,4,6-11,13-15,20H,3,5,12,16-17H2,1H3,(H,29,33). The van der Waals surface area contributed by atoms with Crippen LogP contribution in [-0.4, -0.2) is 40.7 Å². The van der Waals surface area contributed by atoms with E-state index < -0.39 is 0 Å². The van der Waals surface area contributed by atoms with Crippen LogP contribution >= 0.6 is 11.6 Å². The smallest absolute Gasteiger partial charge is 0.225 e.